The highest BCUT2D eigenvalue weighted by atomic mass is 35.5. The average molecular weight is 321 g/mol. The number of fused-ring (bicyclic) bond motifs is 1. The van der Waals surface area contributed by atoms with Crippen LogP contribution in [0.3, 0.4) is 0 Å². The molecule has 2 aromatic heterocycles. The van der Waals surface area contributed by atoms with Gasteiger partial charge >= 0.3 is 11.7 Å². The summed E-state index contributed by atoms with van der Waals surface area (Å²) < 4.78 is 6.77. The van der Waals surface area contributed by atoms with E-state index >= 15 is 0 Å². The van der Waals surface area contributed by atoms with Crippen molar-refractivity contribution in [2.24, 2.45) is 0 Å². The normalized spacial score (nSPS) is 10.5. The van der Waals surface area contributed by atoms with Crippen LogP contribution in [0.1, 0.15) is 5.56 Å². The van der Waals surface area contributed by atoms with Gasteiger partial charge in [0.15, 0.2) is 0 Å². The summed E-state index contributed by atoms with van der Waals surface area (Å²) in [6, 6.07) is 6.33. The predicted molar refractivity (Wildman–Crippen MR) is 76.0 cm³/mol. The Morgan fingerprint density at radius 2 is 2.33 bits per heavy atom. The first-order valence-corrected chi connectivity index (χ1v) is 6.83. The van der Waals surface area contributed by atoms with Crippen molar-refractivity contribution in [3.63, 3.8) is 0 Å². The molecule has 2 heterocycles. The Labute approximate surface area is 126 Å². The van der Waals surface area contributed by atoms with E-state index in [-0.39, 0.29) is 22.5 Å². The zero-order chi connectivity index (χ0) is 15.0. The van der Waals surface area contributed by atoms with E-state index < -0.39 is 4.92 Å². The predicted octanol–water partition coefficient (Wildman–Crippen LogP) is 3.62. The molecule has 0 spiro atoms. The van der Waals surface area contributed by atoms with Crippen LogP contribution in [0.25, 0.3) is 4.96 Å². The van der Waals surface area contributed by atoms with Crippen LogP contribution in [0, 0.1) is 21.4 Å². The Bertz CT molecular complexity index is 896. The van der Waals surface area contributed by atoms with Gasteiger partial charge < -0.3 is 14.9 Å². The lowest BCUT2D eigenvalue weighted by atomic mass is 10.2. The number of nitro groups is 1. The van der Waals surface area contributed by atoms with Crippen molar-refractivity contribution < 1.29 is 9.66 Å². The molecule has 0 N–H and O–H groups in total. The molecular formula is C12H5ClN4O3S. The van der Waals surface area contributed by atoms with E-state index in [1.54, 1.807) is 11.6 Å². The lowest BCUT2D eigenvalue weighted by Crippen LogP contribution is -1.95. The zero-order valence-electron chi connectivity index (χ0n) is 10.2. The minimum atomic E-state index is -0.570. The molecular weight excluding hydrogens is 316 g/mol. The van der Waals surface area contributed by atoms with Crippen molar-refractivity contribution in [3.05, 3.63) is 50.5 Å². The second kappa shape index (κ2) is 5.05. The molecule has 104 valence electrons. The highest BCUT2D eigenvalue weighted by Gasteiger charge is 2.26. The number of hydrogen-bond acceptors (Lipinski definition) is 6. The molecule has 0 saturated heterocycles. The number of halogens is 1. The average Bonchev–Trinajstić information content (AvgIpc) is 3.00. The lowest BCUT2D eigenvalue weighted by molar-refractivity contribution is -0.391. The number of hydrogen-bond donors (Lipinski definition) is 0. The van der Waals surface area contributed by atoms with Gasteiger partial charge in [-0.1, -0.05) is 22.9 Å². The molecule has 0 radical (unpaired) electrons. The molecule has 0 bridgehead atoms. The van der Waals surface area contributed by atoms with Crippen molar-refractivity contribution in [2.45, 2.75) is 0 Å². The fraction of sp³-hybridized carbons (Fsp3) is 0. The van der Waals surface area contributed by atoms with Gasteiger partial charge in [0.25, 0.3) is 4.96 Å². The molecule has 0 amide bonds. The third-order valence-corrected chi connectivity index (χ3v) is 3.70. The van der Waals surface area contributed by atoms with E-state index in [2.05, 4.69) is 4.98 Å². The molecule has 7 nitrogen and oxygen atoms in total. The minimum Gasteiger partial charge on any atom is -0.431 e. The second-order valence-corrected chi connectivity index (χ2v) is 5.19. The first-order chi connectivity index (χ1) is 10.1. The first-order valence-electron chi connectivity index (χ1n) is 5.57. The van der Waals surface area contributed by atoms with E-state index in [1.165, 1.54) is 33.9 Å². The SMILES string of the molecule is N#Cc1ccc(Oc2nc3sccn3c2[N+](=O)[O-])c(Cl)c1. The van der Waals surface area contributed by atoms with E-state index in [1.807, 2.05) is 6.07 Å². The third kappa shape index (κ3) is 2.29. The van der Waals surface area contributed by atoms with Crippen molar-refractivity contribution in [1.82, 2.24) is 9.38 Å². The van der Waals surface area contributed by atoms with Gasteiger partial charge in [-0.3, -0.25) is 0 Å². The van der Waals surface area contributed by atoms with E-state index in [0.29, 0.717) is 10.5 Å². The smallest absolute Gasteiger partial charge is 0.393 e. The molecule has 1 aromatic carbocycles. The van der Waals surface area contributed by atoms with E-state index in [0.717, 1.165) is 0 Å². The monoisotopic (exact) mass is 320 g/mol. The van der Waals surface area contributed by atoms with Crippen LogP contribution < -0.4 is 4.74 Å². The van der Waals surface area contributed by atoms with Gasteiger partial charge in [-0.15, -0.1) is 0 Å². The quantitative estimate of drug-likeness (QED) is 0.542. The van der Waals surface area contributed by atoms with Crippen molar-refractivity contribution in [2.75, 3.05) is 0 Å². The Kier molecular flexibility index (Phi) is 3.21. The molecule has 0 aliphatic rings. The lowest BCUT2D eigenvalue weighted by Gasteiger charge is -2.04. The summed E-state index contributed by atoms with van der Waals surface area (Å²) in [4.78, 5) is 15.1. The van der Waals surface area contributed by atoms with Gasteiger partial charge in [0.05, 0.1) is 16.7 Å². The maximum absolute atomic E-state index is 11.2. The fourth-order valence-electron chi connectivity index (χ4n) is 1.75. The van der Waals surface area contributed by atoms with Gasteiger partial charge in [-0.25, -0.2) is 0 Å². The molecule has 9 heteroatoms. The molecule has 0 atom stereocenters. The molecule has 3 rings (SSSR count). The van der Waals surface area contributed by atoms with Crippen LogP contribution >= 0.6 is 22.9 Å². The van der Waals surface area contributed by atoms with Gasteiger partial charge in [-0.05, 0) is 23.1 Å². The largest absolute Gasteiger partial charge is 0.431 e. The van der Waals surface area contributed by atoms with Crippen molar-refractivity contribution in [1.29, 1.82) is 5.26 Å². The van der Waals surface area contributed by atoms with Crippen LogP contribution in [-0.4, -0.2) is 14.3 Å². The minimum absolute atomic E-state index is 0.140. The standard InChI is InChI=1S/C12H5ClN4O3S/c13-8-5-7(6-14)1-2-9(8)20-10-11(17(18)19)16-3-4-21-12(16)15-10/h1-5H. The maximum Gasteiger partial charge on any atom is 0.393 e. The van der Waals surface area contributed by atoms with Crippen molar-refractivity contribution >= 4 is 33.7 Å². The topological polar surface area (TPSA) is 93.5 Å². The van der Waals surface area contributed by atoms with Crippen molar-refractivity contribution in [3.8, 4) is 17.7 Å². The number of rotatable bonds is 3. The number of thiazole rings is 1. The number of aromatic nitrogens is 2. The fourth-order valence-corrected chi connectivity index (χ4v) is 2.67. The first kappa shape index (κ1) is 13.4. The van der Waals surface area contributed by atoms with Gasteiger partial charge in [0.2, 0.25) is 0 Å². The molecule has 0 saturated carbocycles. The summed E-state index contributed by atoms with van der Waals surface area (Å²) in [6.45, 7) is 0. The Hall–Kier alpha value is -2.63. The number of benzene rings is 1. The number of nitrogens with zero attached hydrogens (tertiary/aromatic N) is 4. The number of ether oxygens (including phenoxy) is 1. The molecule has 21 heavy (non-hydrogen) atoms. The maximum atomic E-state index is 11.2. The Balaban J connectivity index is 2.06. The number of imidazole rings is 1. The third-order valence-electron chi connectivity index (χ3n) is 2.65. The summed E-state index contributed by atoms with van der Waals surface area (Å²) in [6.07, 6.45) is 1.54. The summed E-state index contributed by atoms with van der Waals surface area (Å²) in [7, 11) is 0. The van der Waals surface area contributed by atoms with Gasteiger partial charge in [0, 0.05) is 5.38 Å². The molecule has 0 aliphatic heterocycles. The Morgan fingerprint density at radius 1 is 1.52 bits per heavy atom. The van der Waals surface area contributed by atoms with E-state index in [4.69, 9.17) is 21.6 Å². The summed E-state index contributed by atoms with van der Waals surface area (Å²) in [5.41, 5.74) is 0.368. The van der Waals surface area contributed by atoms with Gasteiger partial charge in [0.1, 0.15) is 11.9 Å². The number of nitriles is 1. The molecule has 0 unspecified atom stereocenters. The molecule has 3 aromatic rings. The summed E-state index contributed by atoms with van der Waals surface area (Å²) in [5.74, 6) is -0.213. The second-order valence-electron chi connectivity index (χ2n) is 3.91. The summed E-state index contributed by atoms with van der Waals surface area (Å²) in [5, 5.41) is 21.8. The van der Waals surface area contributed by atoms with Gasteiger partial charge in [-0.2, -0.15) is 14.6 Å². The van der Waals surface area contributed by atoms with Crippen LogP contribution in [0.4, 0.5) is 5.82 Å². The van der Waals surface area contributed by atoms with E-state index in [9.17, 15) is 10.1 Å². The highest BCUT2D eigenvalue weighted by Crippen LogP contribution is 2.36. The molecule has 0 fully saturated rings. The van der Waals surface area contributed by atoms with Crippen LogP contribution in [0.15, 0.2) is 29.8 Å². The molecule has 0 aliphatic carbocycles. The highest BCUT2D eigenvalue weighted by molar-refractivity contribution is 7.15. The van der Waals surface area contributed by atoms with Crippen LogP contribution in [-0.2, 0) is 0 Å². The van der Waals surface area contributed by atoms with Crippen LogP contribution in [0.2, 0.25) is 5.02 Å². The Morgan fingerprint density at radius 3 is 3.00 bits per heavy atom. The summed E-state index contributed by atoms with van der Waals surface area (Å²) >= 11 is 7.24. The zero-order valence-corrected chi connectivity index (χ0v) is 11.8. The van der Waals surface area contributed by atoms with Crippen LogP contribution in [0.5, 0.6) is 11.6 Å².